The van der Waals surface area contributed by atoms with Crippen molar-refractivity contribution in [3.63, 3.8) is 0 Å². The highest BCUT2D eigenvalue weighted by atomic mass is 16.5. The number of carbonyl (C=O) groups excluding carboxylic acids is 1. The van der Waals surface area contributed by atoms with E-state index in [4.69, 9.17) is 4.74 Å². The van der Waals surface area contributed by atoms with Crippen LogP contribution in [0.15, 0.2) is 35.5 Å². The molecule has 0 saturated carbocycles. The highest BCUT2D eigenvalue weighted by Gasteiger charge is 2.14. The Labute approximate surface area is 182 Å². The summed E-state index contributed by atoms with van der Waals surface area (Å²) in [6, 6.07) is 7.85. The SMILES string of the molecule is CC[C@H](C)C(=O)NC(=NCCc1c[nH]c2cc(OC)ccc12)Nc1nc(C)cc(C)n1. The van der Waals surface area contributed by atoms with E-state index in [0.29, 0.717) is 24.9 Å². The Bertz CT molecular complexity index is 1070. The number of ether oxygens (including phenoxy) is 1. The zero-order chi connectivity index (χ0) is 22.4. The van der Waals surface area contributed by atoms with Crippen molar-refractivity contribution < 1.29 is 9.53 Å². The van der Waals surface area contributed by atoms with E-state index in [-0.39, 0.29) is 11.8 Å². The number of fused-ring (bicyclic) bond motifs is 1. The van der Waals surface area contributed by atoms with Crippen LogP contribution in [0.1, 0.15) is 37.2 Å². The fraction of sp³-hybridized carbons (Fsp3) is 0.391. The molecule has 0 aliphatic carbocycles. The lowest BCUT2D eigenvalue weighted by atomic mass is 10.1. The maximum atomic E-state index is 12.4. The molecule has 8 heteroatoms. The van der Waals surface area contributed by atoms with Gasteiger partial charge in [0.2, 0.25) is 17.8 Å². The summed E-state index contributed by atoms with van der Waals surface area (Å²) in [6.07, 6.45) is 3.44. The quantitative estimate of drug-likeness (QED) is 0.397. The number of aromatic nitrogens is 3. The van der Waals surface area contributed by atoms with E-state index in [1.807, 2.05) is 58.2 Å². The Kier molecular flexibility index (Phi) is 7.23. The van der Waals surface area contributed by atoms with E-state index in [0.717, 1.165) is 40.0 Å². The van der Waals surface area contributed by atoms with Gasteiger partial charge in [-0.05, 0) is 50.5 Å². The number of aryl methyl sites for hydroxylation is 2. The van der Waals surface area contributed by atoms with Crippen LogP contribution in [0.5, 0.6) is 5.75 Å². The third-order valence-electron chi connectivity index (χ3n) is 5.14. The van der Waals surface area contributed by atoms with Gasteiger partial charge in [0.25, 0.3) is 0 Å². The summed E-state index contributed by atoms with van der Waals surface area (Å²) in [5.41, 5.74) is 3.86. The third-order valence-corrected chi connectivity index (χ3v) is 5.14. The van der Waals surface area contributed by atoms with E-state index in [9.17, 15) is 4.79 Å². The molecule has 3 rings (SSSR count). The van der Waals surface area contributed by atoms with E-state index < -0.39 is 0 Å². The van der Waals surface area contributed by atoms with Crippen LogP contribution < -0.4 is 15.4 Å². The number of nitrogens with zero attached hydrogens (tertiary/aromatic N) is 3. The number of anilines is 1. The molecule has 1 amide bonds. The van der Waals surface area contributed by atoms with Gasteiger partial charge in [-0.15, -0.1) is 0 Å². The summed E-state index contributed by atoms with van der Waals surface area (Å²) in [7, 11) is 1.65. The van der Waals surface area contributed by atoms with Gasteiger partial charge in [0.05, 0.1) is 7.11 Å². The second kappa shape index (κ2) is 10.1. The maximum Gasteiger partial charge on any atom is 0.229 e. The number of methoxy groups -OCH3 is 1. The van der Waals surface area contributed by atoms with E-state index in [1.165, 1.54) is 0 Å². The van der Waals surface area contributed by atoms with Crippen molar-refractivity contribution in [1.82, 2.24) is 20.3 Å². The zero-order valence-corrected chi connectivity index (χ0v) is 18.7. The molecule has 0 radical (unpaired) electrons. The molecule has 0 unspecified atom stereocenters. The van der Waals surface area contributed by atoms with Gasteiger partial charge >= 0.3 is 0 Å². The number of amides is 1. The van der Waals surface area contributed by atoms with Crippen LogP contribution in [0, 0.1) is 19.8 Å². The number of aliphatic imine (C=N–C) groups is 1. The van der Waals surface area contributed by atoms with Gasteiger partial charge in [-0.1, -0.05) is 13.8 Å². The third kappa shape index (κ3) is 5.81. The topological polar surface area (TPSA) is 104 Å². The Morgan fingerprint density at radius 3 is 2.65 bits per heavy atom. The molecule has 0 aliphatic rings. The van der Waals surface area contributed by atoms with E-state index in [2.05, 4.69) is 30.6 Å². The minimum atomic E-state index is -0.115. The molecule has 3 aromatic rings. The Morgan fingerprint density at radius 1 is 1.23 bits per heavy atom. The second-order valence-electron chi connectivity index (χ2n) is 7.60. The van der Waals surface area contributed by atoms with Crippen molar-refractivity contribution >= 4 is 28.7 Å². The van der Waals surface area contributed by atoms with Crippen molar-refractivity contribution in [3.05, 3.63) is 47.4 Å². The number of aromatic amines is 1. The normalized spacial score (nSPS) is 12.6. The van der Waals surface area contributed by atoms with Crippen molar-refractivity contribution in [3.8, 4) is 5.75 Å². The molecule has 0 bridgehead atoms. The van der Waals surface area contributed by atoms with Crippen LogP contribution in [0.25, 0.3) is 10.9 Å². The van der Waals surface area contributed by atoms with Crippen molar-refractivity contribution in [2.75, 3.05) is 19.0 Å². The fourth-order valence-electron chi connectivity index (χ4n) is 3.21. The number of hydrogen-bond acceptors (Lipinski definition) is 5. The van der Waals surface area contributed by atoms with Crippen LogP contribution in [0.3, 0.4) is 0 Å². The molecule has 3 N–H and O–H groups in total. The minimum Gasteiger partial charge on any atom is -0.497 e. The lowest BCUT2D eigenvalue weighted by Crippen LogP contribution is -2.39. The maximum absolute atomic E-state index is 12.4. The van der Waals surface area contributed by atoms with Crippen LogP contribution in [0.2, 0.25) is 0 Å². The molecule has 2 aromatic heterocycles. The Morgan fingerprint density at radius 2 is 1.97 bits per heavy atom. The Balaban J connectivity index is 1.77. The summed E-state index contributed by atoms with van der Waals surface area (Å²) in [6.45, 7) is 8.17. The number of benzene rings is 1. The summed E-state index contributed by atoms with van der Waals surface area (Å²) in [5, 5.41) is 7.09. The molecule has 8 nitrogen and oxygen atoms in total. The van der Waals surface area contributed by atoms with Gasteiger partial charge in [-0.25, -0.2) is 9.97 Å². The molecule has 1 aromatic carbocycles. The van der Waals surface area contributed by atoms with Crippen molar-refractivity contribution in [1.29, 1.82) is 0 Å². The van der Waals surface area contributed by atoms with Gasteiger partial charge in [0.15, 0.2) is 0 Å². The average Bonchev–Trinajstić information content (AvgIpc) is 3.14. The fourth-order valence-corrected chi connectivity index (χ4v) is 3.21. The van der Waals surface area contributed by atoms with Gasteiger partial charge in [0.1, 0.15) is 5.75 Å². The molecular weight excluding hydrogens is 392 g/mol. The van der Waals surface area contributed by atoms with Crippen LogP contribution in [-0.2, 0) is 11.2 Å². The molecule has 2 heterocycles. The van der Waals surface area contributed by atoms with Crippen molar-refractivity contribution in [2.45, 2.75) is 40.5 Å². The van der Waals surface area contributed by atoms with Gasteiger partial charge in [-0.3, -0.25) is 20.4 Å². The van der Waals surface area contributed by atoms with Gasteiger partial charge in [-0.2, -0.15) is 0 Å². The standard InChI is InChI=1S/C23H30N6O2/c1-6-14(2)21(30)28-22(29-23-26-15(3)11-16(4)27-23)24-10-9-17-13-25-20-12-18(31-5)7-8-19(17)20/h7-8,11-14,25H,6,9-10H2,1-5H3,(H2,24,26,27,28,29,30)/t14-/m0/s1. The zero-order valence-electron chi connectivity index (χ0n) is 18.7. The van der Waals surface area contributed by atoms with Gasteiger partial charge < -0.3 is 9.72 Å². The molecule has 0 aliphatic heterocycles. The van der Waals surface area contributed by atoms with Crippen LogP contribution >= 0.6 is 0 Å². The summed E-state index contributed by atoms with van der Waals surface area (Å²) in [4.78, 5) is 29.1. The number of rotatable bonds is 7. The molecule has 0 saturated heterocycles. The number of nitrogens with one attached hydrogen (secondary N) is 3. The monoisotopic (exact) mass is 422 g/mol. The first-order valence-electron chi connectivity index (χ1n) is 10.5. The molecule has 31 heavy (non-hydrogen) atoms. The van der Waals surface area contributed by atoms with E-state index in [1.54, 1.807) is 7.11 Å². The molecule has 0 fully saturated rings. The van der Waals surface area contributed by atoms with E-state index >= 15 is 0 Å². The average molecular weight is 423 g/mol. The first-order chi connectivity index (χ1) is 14.9. The predicted molar refractivity (Wildman–Crippen MR) is 124 cm³/mol. The lowest BCUT2D eigenvalue weighted by Gasteiger charge is -2.14. The minimum absolute atomic E-state index is 0.0858. The summed E-state index contributed by atoms with van der Waals surface area (Å²) < 4.78 is 5.28. The van der Waals surface area contributed by atoms with Gasteiger partial charge in [0, 0.05) is 47.0 Å². The summed E-state index contributed by atoms with van der Waals surface area (Å²) >= 11 is 0. The second-order valence-corrected chi connectivity index (χ2v) is 7.60. The Hall–Kier alpha value is -3.42. The number of H-pyrrole nitrogens is 1. The highest BCUT2D eigenvalue weighted by molar-refractivity contribution is 6.04. The van der Waals surface area contributed by atoms with Crippen LogP contribution in [0.4, 0.5) is 5.95 Å². The van der Waals surface area contributed by atoms with Crippen LogP contribution in [-0.4, -0.2) is 40.5 Å². The highest BCUT2D eigenvalue weighted by Crippen LogP contribution is 2.23. The molecule has 0 spiro atoms. The largest absolute Gasteiger partial charge is 0.497 e. The first-order valence-corrected chi connectivity index (χ1v) is 10.5. The predicted octanol–water partition coefficient (Wildman–Crippen LogP) is 3.76. The number of guanidine groups is 1. The number of carbonyl (C=O) groups is 1. The molecule has 1 atom stereocenters. The van der Waals surface area contributed by atoms with Crippen molar-refractivity contribution in [2.24, 2.45) is 10.9 Å². The smallest absolute Gasteiger partial charge is 0.229 e. The number of hydrogen-bond donors (Lipinski definition) is 3. The summed E-state index contributed by atoms with van der Waals surface area (Å²) in [5.74, 6) is 1.39. The molecular formula is C23H30N6O2. The first kappa shape index (κ1) is 22.3. The lowest BCUT2D eigenvalue weighted by molar-refractivity contribution is -0.123. The molecule has 164 valence electrons.